The summed E-state index contributed by atoms with van der Waals surface area (Å²) in [6.07, 6.45) is 1.69. The predicted molar refractivity (Wildman–Crippen MR) is 65.8 cm³/mol. The van der Waals surface area contributed by atoms with Gasteiger partial charge in [0.25, 0.3) is 0 Å². The van der Waals surface area contributed by atoms with Crippen LogP contribution in [0.5, 0.6) is 0 Å². The summed E-state index contributed by atoms with van der Waals surface area (Å²) in [5, 5.41) is 0. The largest absolute Gasteiger partial charge is 0.468 e. The van der Waals surface area contributed by atoms with Crippen LogP contribution in [0.2, 0.25) is 0 Å². The molecule has 0 aliphatic carbocycles. The van der Waals surface area contributed by atoms with Gasteiger partial charge in [-0.25, -0.2) is 10.8 Å². The zero-order chi connectivity index (χ0) is 11.2. The van der Waals surface area contributed by atoms with Crippen molar-refractivity contribution in [3.8, 4) is 0 Å². The Kier molecular flexibility index (Phi) is 3.85. The van der Waals surface area contributed by atoms with Gasteiger partial charge in [-0.1, -0.05) is 6.07 Å². The summed E-state index contributed by atoms with van der Waals surface area (Å²) in [4.78, 5) is 4.32. The van der Waals surface area contributed by atoms with Gasteiger partial charge in [0, 0.05) is 5.75 Å². The van der Waals surface area contributed by atoms with Crippen LogP contribution in [0.25, 0.3) is 0 Å². The maximum Gasteiger partial charge on any atom is 0.140 e. The fourth-order valence-corrected chi connectivity index (χ4v) is 2.13. The minimum atomic E-state index is 0.691. The summed E-state index contributed by atoms with van der Waals surface area (Å²) < 4.78 is 5.24. The van der Waals surface area contributed by atoms with Gasteiger partial charge in [0.15, 0.2) is 0 Å². The van der Waals surface area contributed by atoms with E-state index in [2.05, 4.69) is 10.4 Å². The smallest absolute Gasteiger partial charge is 0.140 e. The molecule has 0 fully saturated rings. The molecule has 0 saturated carbocycles. The number of hydrazine groups is 1. The first kappa shape index (κ1) is 11.0. The lowest BCUT2D eigenvalue weighted by Gasteiger charge is -2.02. The van der Waals surface area contributed by atoms with E-state index < -0.39 is 0 Å². The van der Waals surface area contributed by atoms with Crippen LogP contribution in [-0.4, -0.2) is 4.98 Å². The second kappa shape index (κ2) is 5.58. The molecule has 0 radical (unpaired) electrons. The van der Waals surface area contributed by atoms with Gasteiger partial charge < -0.3 is 9.84 Å². The van der Waals surface area contributed by atoms with Gasteiger partial charge in [0.1, 0.15) is 11.6 Å². The molecule has 5 heteroatoms. The van der Waals surface area contributed by atoms with Crippen molar-refractivity contribution >= 4 is 17.6 Å². The fraction of sp³-hybridized carbons (Fsp3) is 0.182. The Morgan fingerprint density at radius 3 is 2.94 bits per heavy atom. The molecular weight excluding hydrogens is 222 g/mol. The molecule has 0 amide bonds. The number of nitrogens with one attached hydrogen (secondary N) is 1. The van der Waals surface area contributed by atoms with Crippen molar-refractivity contribution in [2.24, 2.45) is 5.84 Å². The van der Waals surface area contributed by atoms with E-state index in [0.29, 0.717) is 5.82 Å². The van der Waals surface area contributed by atoms with Crippen molar-refractivity contribution in [1.82, 2.24) is 4.98 Å². The lowest BCUT2D eigenvalue weighted by molar-refractivity contribution is 0.530. The van der Waals surface area contributed by atoms with Crippen molar-refractivity contribution in [2.45, 2.75) is 11.5 Å². The third-order valence-electron chi connectivity index (χ3n) is 2.03. The van der Waals surface area contributed by atoms with Crippen molar-refractivity contribution in [1.29, 1.82) is 0 Å². The van der Waals surface area contributed by atoms with E-state index in [0.717, 1.165) is 23.0 Å². The van der Waals surface area contributed by atoms with Crippen molar-refractivity contribution in [3.63, 3.8) is 0 Å². The maximum absolute atomic E-state index is 5.29. The van der Waals surface area contributed by atoms with Crippen molar-refractivity contribution in [3.05, 3.63) is 48.0 Å². The third kappa shape index (κ3) is 3.01. The molecule has 2 heterocycles. The Bertz CT molecular complexity index is 431. The summed E-state index contributed by atoms with van der Waals surface area (Å²) in [7, 11) is 0. The first-order valence-electron chi connectivity index (χ1n) is 4.91. The van der Waals surface area contributed by atoms with Crippen LogP contribution in [0.15, 0.2) is 41.0 Å². The lowest BCUT2D eigenvalue weighted by Crippen LogP contribution is -2.08. The molecule has 2 aromatic rings. The highest BCUT2D eigenvalue weighted by Crippen LogP contribution is 2.17. The van der Waals surface area contributed by atoms with Crippen LogP contribution in [0, 0.1) is 0 Å². The van der Waals surface area contributed by atoms with Crippen LogP contribution >= 0.6 is 11.8 Å². The van der Waals surface area contributed by atoms with Crippen LogP contribution in [0.3, 0.4) is 0 Å². The van der Waals surface area contributed by atoms with Gasteiger partial charge in [-0.15, -0.1) is 11.8 Å². The summed E-state index contributed by atoms with van der Waals surface area (Å²) >= 11 is 1.76. The molecule has 2 aromatic heterocycles. The number of aromatic nitrogens is 1. The van der Waals surface area contributed by atoms with Crippen LogP contribution in [-0.2, 0) is 11.5 Å². The van der Waals surface area contributed by atoms with E-state index >= 15 is 0 Å². The normalized spacial score (nSPS) is 10.3. The Hall–Kier alpha value is -1.46. The van der Waals surface area contributed by atoms with Crippen LogP contribution in [0.1, 0.15) is 11.5 Å². The molecule has 0 bridgehead atoms. The number of hydrogen-bond donors (Lipinski definition) is 2. The summed E-state index contributed by atoms with van der Waals surface area (Å²) in [5.41, 5.74) is 3.54. The molecule has 0 spiro atoms. The van der Waals surface area contributed by atoms with Crippen molar-refractivity contribution < 1.29 is 4.42 Å². The molecule has 0 atom stereocenters. The highest BCUT2D eigenvalue weighted by molar-refractivity contribution is 7.97. The van der Waals surface area contributed by atoms with E-state index in [1.165, 1.54) is 0 Å². The maximum atomic E-state index is 5.29. The average molecular weight is 235 g/mol. The summed E-state index contributed by atoms with van der Waals surface area (Å²) in [5.74, 6) is 8.67. The van der Waals surface area contributed by atoms with Gasteiger partial charge in [0.2, 0.25) is 0 Å². The number of anilines is 1. The average Bonchev–Trinajstić information content (AvgIpc) is 2.82. The number of nitrogens with zero attached hydrogens (tertiary/aromatic N) is 1. The zero-order valence-electron chi connectivity index (χ0n) is 8.72. The topological polar surface area (TPSA) is 64.1 Å². The molecule has 0 aliphatic rings. The van der Waals surface area contributed by atoms with Gasteiger partial charge in [0.05, 0.1) is 17.7 Å². The quantitative estimate of drug-likeness (QED) is 0.615. The highest BCUT2D eigenvalue weighted by Gasteiger charge is 1.99. The number of furan rings is 1. The number of thioether (sulfide) groups is 1. The van der Waals surface area contributed by atoms with E-state index in [4.69, 9.17) is 10.3 Å². The Labute approximate surface area is 98.2 Å². The number of hydrogen-bond acceptors (Lipinski definition) is 5. The highest BCUT2D eigenvalue weighted by atomic mass is 32.2. The molecule has 84 valence electrons. The monoisotopic (exact) mass is 235 g/mol. The second-order valence-electron chi connectivity index (χ2n) is 3.23. The van der Waals surface area contributed by atoms with Crippen molar-refractivity contribution in [2.75, 3.05) is 5.43 Å². The third-order valence-corrected chi connectivity index (χ3v) is 3.02. The minimum Gasteiger partial charge on any atom is -0.468 e. The number of pyridine rings is 1. The Morgan fingerprint density at radius 1 is 1.25 bits per heavy atom. The molecule has 0 unspecified atom stereocenters. The molecule has 3 N–H and O–H groups in total. The Balaban J connectivity index is 1.85. The molecule has 0 aromatic carbocycles. The van der Waals surface area contributed by atoms with Crippen LogP contribution < -0.4 is 11.3 Å². The van der Waals surface area contributed by atoms with E-state index in [-0.39, 0.29) is 0 Å². The first-order chi connectivity index (χ1) is 7.88. The molecule has 16 heavy (non-hydrogen) atoms. The molecule has 2 rings (SSSR count). The zero-order valence-corrected chi connectivity index (χ0v) is 9.54. The Morgan fingerprint density at radius 2 is 2.19 bits per heavy atom. The standard InChI is InChI=1S/C11H13N3OS/c12-14-11-5-1-3-9(13-11)7-16-8-10-4-2-6-15-10/h1-6H,7-8,12H2,(H,13,14). The van der Waals surface area contributed by atoms with Gasteiger partial charge >= 0.3 is 0 Å². The molecular formula is C11H13N3OS. The minimum absolute atomic E-state index is 0.691. The number of rotatable bonds is 5. The second-order valence-corrected chi connectivity index (χ2v) is 4.22. The van der Waals surface area contributed by atoms with Gasteiger partial charge in [-0.05, 0) is 24.3 Å². The number of nitrogen functional groups attached to an aromatic ring is 1. The SMILES string of the molecule is NNc1cccc(CSCc2ccco2)n1. The first-order valence-corrected chi connectivity index (χ1v) is 6.06. The van der Waals surface area contributed by atoms with E-state index in [1.54, 1.807) is 18.0 Å². The fourth-order valence-electron chi connectivity index (χ4n) is 1.29. The molecule has 0 aliphatic heterocycles. The molecule has 0 saturated heterocycles. The van der Waals surface area contributed by atoms with Gasteiger partial charge in [-0.3, -0.25) is 0 Å². The van der Waals surface area contributed by atoms with E-state index in [9.17, 15) is 0 Å². The van der Waals surface area contributed by atoms with E-state index in [1.807, 2.05) is 30.3 Å². The molecule has 4 nitrogen and oxygen atoms in total. The summed E-state index contributed by atoms with van der Waals surface area (Å²) in [6, 6.07) is 9.62. The lowest BCUT2D eigenvalue weighted by atomic mass is 10.4. The van der Waals surface area contributed by atoms with Gasteiger partial charge in [-0.2, -0.15) is 0 Å². The van der Waals surface area contributed by atoms with Crippen LogP contribution in [0.4, 0.5) is 5.82 Å². The predicted octanol–water partition coefficient (Wildman–Crippen LogP) is 2.39. The summed E-state index contributed by atoms with van der Waals surface area (Å²) in [6.45, 7) is 0. The number of nitrogens with two attached hydrogens (primary N) is 1.